The Balaban J connectivity index is 1.75. The molecule has 0 atom stereocenters. The van der Waals surface area contributed by atoms with Gasteiger partial charge in [0.05, 0.1) is 16.2 Å². The van der Waals surface area contributed by atoms with Crippen LogP contribution in [0.5, 0.6) is 0 Å². The molecule has 0 unspecified atom stereocenters. The van der Waals surface area contributed by atoms with Gasteiger partial charge in [-0.05, 0) is 43.3 Å². The first-order valence-electron chi connectivity index (χ1n) is 8.31. The van der Waals surface area contributed by atoms with E-state index in [9.17, 15) is 0 Å². The van der Waals surface area contributed by atoms with Crippen molar-refractivity contribution in [2.24, 2.45) is 0 Å². The number of rotatable bonds is 4. The van der Waals surface area contributed by atoms with Crippen molar-refractivity contribution in [3.05, 3.63) is 83.4 Å². The predicted octanol–water partition coefficient (Wildman–Crippen LogP) is 6.08. The summed E-state index contributed by atoms with van der Waals surface area (Å²) in [5.74, 6) is 1.24. The highest BCUT2D eigenvalue weighted by Gasteiger charge is 2.09. The van der Waals surface area contributed by atoms with Crippen molar-refractivity contribution in [1.29, 1.82) is 0 Å². The molecule has 0 amide bonds. The fraction of sp³-hybridized carbons (Fsp3) is 0.0476. The Morgan fingerprint density at radius 1 is 0.769 bits per heavy atom. The highest BCUT2D eigenvalue weighted by atomic mass is 35.5. The zero-order valence-electron chi connectivity index (χ0n) is 14.2. The number of para-hydroxylation sites is 2. The largest absolute Gasteiger partial charge is 0.340 e. The third-order valence-electron chi connectivity index (χ3n) is 4.04. The Bertz CT molecular complexity index is 1060. The number of halogens is 1. The zero-order valence-corrected chi connectivity index (χ0v) is 15.0. The van der Waals surface area contributed by atoms with E-state index in [1.807, 2.05) is 60.7 Å². The lowest BCUT2D eigenvalue weighted by atomic mass is 10.2. The molecule has 0 saturated carbocycles. The molecular formula is C21H17ClN4. The van der Waals surface area contributed by atoms with Gasteiger partial charge < -0.3 is 10.6 Å². The molecule has 4 aromatic rings. The van der Waals surface area contributed by atoms with Crippen molar-refractivity contribution in [1.82, 2.24) is 9.97 Å². The van der Waals surface area contributed by atoms with E-state index in [0.29, 0.717) is 11.0 Å². The van der Waals surface area contributed by atoms with E-state index < -0.39 is 0 Å². The second-order valence-corrected chi connectivity index (χ2v) is 6.42. The molecule has 0 aliphatic heterocycles. The molecule has 4 nitrogen and oxygen atoms in total. The van der Waals surface area contributed by atoms with Crippen molar-refractivity contribution in [2.45, 2.75) is 6.92 Å². The van der Waals surface area contributed by atoms with Gasteiger partial charge in [-0.25, -0.2) is 4.98 Å². The molecule has 2 N–H and O–H groups in total. The summed E-state index contributed by atoms with van der Waals surface area (Å²) in [7, 11) is 0. The maximum Gasteiger partial charge on any atom is 0.229 e. The van der Waals surface area contributed by atoms with E-state index in [1.54, 1.807) is 0 Å². The summed E-state index contributed by atoms with van der Waals surface area (Å²) < 4.78 is 0. The summed E-state index contributed by atoms with van der Waals surface area (Å²) in [5.41, 5.74) is 3.81. The fourth-order valence-electron chi connectivity index (χ4n) is 2.68. The number of aryl methyl sites for hydroxylation is 1. The van der Waals surface area contributed by atoms with Crippen LogP contribution in [0.1, 0.15) is 5.56 Å². The number of hydrogen-bond acceptors (Lipinski definition) is 4. The van der Waals surface area contributed by atoms with E-state index in [1.165, 1.54) is 5.56 Å². The van der Waals surface area contributed by atoms with Gasteiger partial charge in [0, 0.05) is 11.1 Å². The molecule has 26 heavy (non-hydrogen) atoms. The van der Waals surface area contributed by atoms with Gasteiger partial charge in [0.15, 0.2) is 0 Å². The maximum absolute atomic E-state index is 6.24. The lowest BCUT2D eigenvalue weighted by molar-refractivity contribution is 1.21. The van der Waals surface area contributed by atoms with E-state index >= 15 is 0 Å². The standard InChI is InChI=1S/C21H17ClN4/c1-14-10-12-15(13-11-14)23-20-16-6-2-4-8-18(16)24-21(26-20)25-19-9-5-3-7-17(19)22/h2-13H,1H3,(H2,23,24,25,26). The van der Waals surface area contributed by atoms with Crippen LogP contribution >= 0.6 is 11.6 Å². The van der Waals surface area contributed by atoms with E-state index in [0.717, 1.165) is 28.1 Å². The molecule has 128 valence electrons. The van der Waals surface area contributed by atoms with Crippen molar-refractivity contribution in [3.8, 4) is 0 Å². The molecule has 5 heteroatoms. The maximum atomic E-state index is 6.24. The van der Waals surface area contributed by atoms with Crippen LogP contribution in [0.4, 0.5) is 23.1 Å². The quantitative estimate of drug-likeness (QED) is 0.463. The molecule has 0 spiro atoms. The van der Waals surface area contributed by atoms with Gasteiger partial charge in [-0.3, -0.25) is 0 Å². The number of benzene rings is 3. The molecule has 1 aromatic heterocycles. The number of nitrogens with zero attached hydrogens (tertiary/aromatic N) is 2. The number of nitrogens with one attached hydrogen (secondary N) is 2. The van der Waals surface area contributed by atoms with E-state index in [-0.39, 0.29) is 0 Å². The summed E-state index contributed by atoms with van der Waals surface area (Å²) in [6.07, 6.45) is 0. The first-order chi connectivity index (χ1) is 12.7. The molecule has 0 aliphatic carbocycles. The van der Waals surface area contributed by atoms with E-state index in [2.05, 4.69) is 39.7 Å². The Morgan fingerprint density at radius 2 is 1.50 bits per heavy atom. The van der Waals surface area contributed by atoms with Gasteiger partial charge in [-0.1, -0.05) is 53.6 Å². The minimum atomic E-state index is 0.492. The molecule has 0 radical (unpaired) electrons. The molecule has 1 heterocycles. The van der Waals surface area contributed by atoms with Gasteiger partial charge in [0.25, 0.3) is 0 Å². The van der Waals surface area contributed by atoms with Crippen LogP contribution in [0.15, 0.2) is 72.8 Å². The van der Waals surface area contributed by atoms with Gasteiger partial charge in [-0.15, -0.1) is 0 Å². The summed E-state index contributed by atoms with van der Waals surface area (Å²) >= 11 is 6.24. The second kappa shape index (κ2) is 7.02. The van der Waals surface area contributed by atoms with Crippen LogP contribution in [0.3, 0.4) is 0 Å². The molecular weight excluding hydrogens is 344 g/mol. The molecule has 0 bridgehead atoms. The zero-order chi connectivity index (χ0) is 17.9. The van der Waals surface area contributed by atoms with Crippen LogP contribution in [0.25, 0.3) is 10.9 Å². The van der Waals surface area contributed by atoms with Crippen molar-refractivity contribution in [2.75, 3.05) is 10.6 Å². The molecule has 3 aromatic carbocycles. The van der Waals surface area contributed by atoms with Crippen molar-refractivity contribution < 1.29 is 0 Å². The summed E-state index contributed by atoms with van der Waals surface area (Å²) in [4.78, 5) is 9.27. The normalized spacial score (nSPS) is 10.7. The molecule has 0 aliphatic rings. The summed E-state index contributed by atoms with van der Waals surface area (Å²) in [6, 6.07) is 23.6. The fourth-order valence-corrected chi connectivity index (χ4v) is 2.87. The first kappa shape index (κ1) is 16.4. The number of aromatic nitrogens is 2. The molecule has 0 saturated heterocycles. The molecule has 4 rings (SSSR count). The van der Waals surface area contributed by atoms with Crippen LogP contribution in [-0.2, 0) is 0 Å². The van der Waals surface area contributed by atoms with Crippen LogP contribution < -0.4 is 10.6 Å². The number of hydrogen-bond donors (Lipinski definition) is 2. The highest BCUT2D eigenvalue weighted by molar-refractivity contribution is 6.33. The lowest BCUT2D eigenvalue weighted by Crippen LogP contribution is -2.02. The third-order valence-corrected chi connectivity index (χ3v) is 4.37. The average Bonchev–Trinajstić information content (AvgIpc) is 2.65. The smallest absolute Gasteiger partial charge is 0.229 e. The summed E-state index contributed by atoms with van der Waals surface area (Å²) in [6.45, 7) is 2.06. The van der Waals surface area contributed by atoms with Gasteiger partial charge in [-0.2, -0.15) is 4.98 Å². The Morgan fingerprint density at radius 3 is 2.31 bits per heavy atom. The van der Waals surface area contributed by atoms with E-state index in [4.69, 9.17) is 11.6 Å². The van der Waals surface area contributed by atoms with Gasteiger partial charge >= 0.3 is 0 Å². The van der Waals surface area contributed by atoms with Crippen molar-refractivity contribution in [3.63, 3.8) is 0 Å². The highest BCUT2D eigenvalue weighted by Crippen LogP contribution is 2.28. The average molecular weight is 361 g/mol. The monoisotopic (exact) mass is 360 g/mol. The van der Waals surface area contributed by atoms with Gasteiger partial charge in [0.2, 0.25) is 5.95 Å². The third kappa shape index (κ3) is 3.46. The number of anilines is 4. The number of fused-ring (bicyclic) bond motifs is 1. The topological polar surface area (TPSA) is 49.8 Å². The Hall–Kier alpha value is -3.11. The van der Waals surface area contributed by atoms with Crippen LogP contribution in [-0.4, -0.2) is 9.97 Å². The predicted molar refractivity (Wildman–Crippen MR) is 109 cm³/mol. The first-order valence-corrected chi connectivity index (χ1v) is 8.69. The van der Waals surface area contributed by atoms with Crippen LogP contribution in [0, 0.1) is 6.92 Å². The van der Waals surface area contributed by atoms with Gasteiger partial charge in [0.1, 0.15) is 5.82 Å². The van der Waals surface area contributed by atoms with Crippen LogP contribution in [0.2, 0.25) is 5.02 Å². The second-order valence-electron chi connectivity index (χ2n) is 6.01. The minimum absolute atomic E-state index is 0.492. The minimum Gasteiger partial charge on any atom is -0.340 e. The molecule has 0 fully saturated rings. The van der Waals surface area contributed by atoms with Crippen molar-refractivity contribution >= 4 is 45.6 Å². The Labute approximate surface area is 156 Å². The Kier molecular flexibility index (Phi) is 4.42. The SMILES string of the molecule is Cc1ccc(Nc2nc(Nc3ccccc3Cl)nc3ccccc23)cc1. The lowest BCUT2D eigenvalue weighted by Gasteiger charge is -2.12. The summed E-state index contributed by atoms with van der Waals surface area (Å²) in [5, 5.41) is 8.18.